The fourth-order valence-electron chi connectivity index (χ4n) is 0.483. The molecular weight excluding hydrogens is 133 g/mol. The molecule has 0 saturated heterocycles. The van der Waals surface area contributed by atoms with E-state index in [-0.39, 0.29) is 6.42 Å². The van der Waals surface area contributed by atoms with Gasteiger partial charge < -0.3 is 0 Å². The van der Waals surface area contributed by atoms with Crippen LogP contribution in [0.4, 0.5) is 4.39 Å². The average Bonchev–Trinajstić information content (AvgIpc) is 2.13. The Labute approximate surface area is 46.7 Å². The highest BCUT2D eigenvalue weighted by molar-refractivity contribution is 7.90. The van der Waals surface area contributed by atoms with Crippen molar-refractivity contribution >= 4 is 10.0 Å². The first kappa shape index (κ1) is 5.97. The maximum atomic E-state index is 11.8. The minimum Gasteiger partial charge on any atom is -0.246 e. The van der Waals surface area contributed by atoms with Gasteiger partial charge in [0.05, 0.1) is 0 Å². The number of alkyl halides is 1. The highest BCUT2D eigenvalue weighted by atomic mass is 32.2. The van der Waals surface area contributed by atoms with Gasteiger partial charge in [-0.3, -0.25) is 0 Å². The van der Waals surface area contributed by atoms with Crippen LogP contribution < -0.4 is 5.14 Å². The summed E-state index contributed by atoms with van der Waals surface area (Å²) in [6, 6.07) is 0. The third-order valence-electron chi connectivity index (χ3n) is 1.08. The van der Waals surface area contributed by atoms with Gasteiger partial charge in [0.25, 0.3) is 0 Å². The fourth-order valence-corrected chi connectivity index (χ4v) is 1.35. The van der Waals surface area contributed by atoms with Gasteiger partial charge >= 0.3 is 0 Å². The van der Waals surface area contributed by atoms with Crippen LogP contribution >= 0.6 is 0 Å². The Bertz CT molecular complexity index is 187. The Hall–Kier alpha value is -0.160. The van der Waals surface area contributed by atoms with Gasteiger partial charge in [-0.25, -0.2) is 17.9 Å². The molecule has 0 aromatic rings. The largest absolute Gasteiger partial charge is 0.246 e. The molecule has 1 fully saturated rings. The standard InChI is InChI=1S/C3H6FNO2S/c4-2-1-3(2)8(5,6)7/h2-3H,1H2,(H2,5,6,7). The number of halogens is 1. The zero-order valence-electron chi connectivity index (χ0n) is 4.04. The molecule has 0 aromatic heterocycles. The lowest BCUT2D eigenvalue weighted by Gasteiger charge is -1.86. The van der Waals surface area contributed by atoms with Crippen LogP contribution in [0.15, 0.2) is 0 Å². The summed E-state index contributed by atoms with van der Waals surface area (Å²) in [5.74, 6) is 0. The molecular formula is C3H6FNO2S. The van der Waals surface area contributed by atoms with E-state index in [1.807, 2.05) is 0 Å². The zero-order chi connectivity index (χ0) is 6.36. The van der Waals surface area contributed by atoms with Crippen LogP contribution in [-0.2, 0) is 10.0 Å². The first-order valence-corrected chi connectivity index (χ1v) is 3.78. The number of hydrogen-bond donors (Lipinski definition) is 1. The van der Waals surface area contributed by atoms with Crippen LogP contribution in [0, 0.1) is 0 Å². The fraction of sp³-hybridized carbons (Fsp3) is 1.00. The van der Waals surface area contributed by atoms with E-state index >= 15 is 0 Å². The third kappa shape index (κ3) is 0.976. The van der Waals surface area contributed by atoms with Crippen molar-refractivity contribution in [2.45, 2.75) is 17.8 Å². The molecule has 48 valence electrons. The summed E-state index contributed by atoms with van der Waals surface area (Å²) >= 11 is 0. The Kier molecular flexibility index (Phi) is 1.06. The molecule has 0 heterocycles. The highest BCUT2D eigenvalue weighted by Crippen LogP contribution is 2.30. The quantitative estimate of drug-likeness (QED) is 0.526. The van der Waals surface area contributed by atoms with Gasteiger partial charge in [-0.15, -0.1) is 0 Å². The Morgan fingerprint density at radius 3 is 2.00 bits per heavy atom. The lowest BCUT2D eigenvalue weighted by atomic mass is 10.9. The first-order valence-electron chi connectivity index (χ1n) is 2.17. The van der Waals surface area contributed by atoms with E-state index in [0.717, 1.165) is 0 Å². The predicted octanol–water partition coefficient (Wildman–Crippen LogP) is -0.615. The topological polar surface area (TPSA) is 60.2 Å². The van der Waals surface area contributed by atoms with Crippen LogP contribution in [0.25, 0.3) is 0 Å². The Morgan fingerprint density at radius 2 is 2.00 bits per heavy atom. The molecule has 3 nitrogen and oxygen atoms in total. The lowest BCUT2D eigenvalue weighted by molar-refractivity contribution is 0.477. The van der Waals surface area contributed by atoms with Crippen molar-refractivity contribution in [3.8, 4) is 0 Å². The van der Waals surface area contributed by atoms with Crippen molar-refractivity contribution in [1.29, 1.82) is 0 Å². The maximum absolute atomic E-state index is 11.8. The number of nitrogens with two attached hydrogens (primary N) is 1. The number of primary sulfonamides is 1. The summed E-state index contributed by atoms with van der Waals surface area (Å²) in [5, 5.41) is 3.66. The number of hydrogen-bond acceptors (Lipinski definition) is 2. The second-order valence-electron chi connectivity index (χ2n) is 1.88. The molecule has 2 atom stereocenters. The minimum atomic E-state index is -3.55. The van der Waals surface area contributed by atoms with Gasteiger partial charge in [-0.2, -0.15) is 0 Å². The number of sulfonamides is 1. The monoisotopic (exact) mass is 139 g/mol. The summed E-state index contributed by atoms with van der Waals surface area (Å²) < 4.78 is 32.1. The molecule has 2 N–H and O–H groups in total. The molecule has 1 saturated carbocycles. The van der Waals surface area contributed by atoms with Crippen molar-refractivity contribution in [2.24, 2.45) is 5.14 Å². The molecule has 5 heteroatoms. The molecule has 1 rings (SSSR count). The second-order valence-corrected chi connectivity index (χ2v) is 3.66. The van der Waals surface area contributed by atoms with Gasteiger partial charge in [0.15, 0.2) is 0 Å². The normalized spacial score (nSPS) is 37.2. The van der Waals surface area contributed by atoms with Crippen molar-refractivity contribution in [1.82, 2.24) is 0 Å². The predicted molar refractivity (Wildman–Crippen MR) is 26.4 cm³/mol. The summed E-state index contributed by atoms with van der Waals surface area (Å²) in [6.45, 7) is 0. The van der Waals surface area contributed by atoms with E-state index in [0.29, 0.717) is 0 Å². The minimum absolute atomic E-state index is 0.0822. The molecule has 1 aliphatic carbocycles. The van der Waals surface area contributed by atoms with Crippen LogP contribution in [0.2, 0.25) is 0 Å². The van der Waals surface area contributed by atoms with Gasteiger partial charge in [-0.1, -0.05) is 0 Å². The molecule has 0 amide bonds. The van der Waals surface area contributed by atoms with Gasteiger partial charge in [0.1, 0.15) is 11.4 Å². The van der Waals surface area contributed by atoms with Gasteiger partial charge in [0, 0.05) is 6.42 Å². The lowest BCUT2D eigenvalue weighted by Crippen LogP contribution is -2.18. The van der Waals surface area contributed by atoms with Crippen molar-refractivity contribution in [2.75, 3.05) is 0 Å². The Balaban J connectivity index is 2.66. The average molecular weight is 139 g/mol. The Morgan fingerprint density at radius 1 is 1.62 bits per heavy atom. The number of rotatable bonds is 1. The van der Waals surface area contributed by atoms with E-state index in [1.165, 1.54) is 0 Å². The van der Waals surface area contributed by atoms with Gasteiger partial charge in [-0.05, 0) is 0 Å². The van der Waals surface area contributed by atoms with Crippen molar-refractivity contribution in [3.05, 3.63) is 0 Å². The van der Waals surface area contributed by atoms with E-state index in [4.69, 9.17) is 0 Å². The molecule has 1 aliphatic rings. The smallest absolute Gasteiger partial charge is 0.214 e. The van der Waals surface area contributed by atoms with E-state index in [2.05, 4.69) is 5.14 Å². The van der Waals surface area contributed by atoms with Crippen LogP contribution in [0.5, 0.6) is 0 Å². The van der Waals surface area contributed by atoms with E-state index in [9.17, 15) is 12.8 Å². The van der Waals surface area contributed by atoms with E-state index < -0.39 is 21.4 Å². The molecule has 0 aromatic carbocycles. The van der Waals surface area contributed by atoms with E-state index in [1.54, 1.807) is 0 Å². The maximum Gasteiger partial charge on any atom is 0.214 e. The summed E-state index contributed by atoms with van der Waals surface area (Å²) in [6.07, 6.45) is -1.12. The summed E-state index contributed by atoms with van der Waals surface area (Å²) in [4.78, 5) is 0. The van der Waals surface area contributed by atoms with Crippen molar-refractivity contribution in [3.63, 3.8) is 0 Å². The summed E-state index contributed by atoms with van der Waals surface area (Å²) in [7, 11) is -3.55. The highest BCUT2D eigenvalue weighted by Gasteiger charge is 2.46. The zero-order valence-corrected chi connectivity index (χ0v) is 4.86. The molecule has 0 aliphatic heterocycles. The second kappa shape index (κ2) is 1.41. The SMILES string of the molecule is NS(=O)(=O)C1CC1F. The molecule has 2 unspecified atom stereocenters. The molecule has 0 spiro atoms. The first-order chi connectivity index (χ1) is 3.52. The van der Waals surface area contributed by atoms with Crippen LogP contribution in [-0.4, -0.2) is 19.8 Å². The summed E-state index contributed by atoms with van der Waals surface area (Å²) in [5.41, 5.74) is 0. The van der Waals surface area contributed by atoms with Crippen LogP contribution in [0.3, 0.4) is 0 Å². The molecule has 0 bridgehead atoms. The van der Waals surface area contributed by atoms with Crippen molar-refractivity contribution < 1.29 is 12.8 Å². The molecule has 0 radical (unpaired) electrons. The van der Waals surface area contributed by atoms with Gasteiger partial charge in [0.2, 0.25) is 10.0 Å². The third-order valence-corrected chi connectivity index (χ3v) is 2.41. The molecule has 8 heavy (non-hydrogen) atoms. The van der Waals surface area contributed by atoms with Crippen LogP contribution in [0.1, 0.15) is 6.42 Å².